The number of hydrogen-bond donors (Lipinski definition) is 6. The van der Waals surface area contributed by atoms with Crippen LogP contribution in [0, 0.1) is 13.8 Å². The summed E-state index contributed by atoms with van der Waals surface area (Å²) in [5.74, 6) is -2.79. The average Bonchev–Trinajstić information content (AvgIpc) is 4.13. The minimum atomic E-state index is -0.931. The van der Waals surface area contributed by atoms with Crippen molar-refractivity contribution in [1.82, 2.24) is 44.0 Å². The first kappa shape index (κ1) is 54.2. The molecule has 0 radical (unpaired) electrons. The molecule has 0 saturated carbocycles. The number of hydrogen-bond acceptors (Lipinski definition) is 16. The van der Waals surface area contributed by atoms with E-state index in [4.69, 9.17) is 45.9 Å². The Balaban J connectivity index is 1.25. The number of methoxy groups -OCH3 is 1. The van der Waals surface area contributed by atoms with Gasteiger partial charge in [0.1, 0.15) is 40.0 Å². The Morgan fingerprint density at radius 1 is 0.685 bits per heavy atom. The van der Waals surface area contributed by atoms with Gasteiger partial charge in [0.2, 0.25) is 29.6 Å². The Morgan fingerprint density at radius 3 is 1.68 bits per heavy atom. The summed E-state index contributed by atoms with van der Waals surface area (Å²) in [4.78, 5) is 87.1. The number of anilines is 2. The topological polar surface area (TPSA) is 334 Å². The van der Waals surface area contributed by atoms with Gasteiger partial charge in [0.25, 0.3) is 11.8 Å². The maximum atomic E-state index is 13.9. The monoisotopic (exact) mass is 1010 g/mol. The highest BCUT2D eigenvalue weighted by Crippen LogP contribution is 2.33. The lowest BCUT2D eigenvalue weighted by Crippen LogP contribution is -2.40. The van der Waals surface area contributed by atoms with E-state index in [1.165, 1.54) is 38.3 Å². The van der Waals surface area contributed by atoms with Gasteiger partial charge in [-0.3, -0.25) is 44.0 Å². The van der Waals surface area contributed by atoms with E-state index >= 15 is 0 Å². The van der Waals surface area contributed by atoms with Crippen molar-refractivity contribution in [2.24, 2.45) is 17.2 Å². The molecule has 6 aromatic rings. The van der Waals surface area contributed by atoms with Gasteiger partial charge in [-0.1, -0.05) is 12.2 Å². The normalized spacial score (nSPS) is 11.8. The van der Waals surface area contributed by atoms with Crippen LogP contribution in [0.1, 0.15) is 86.7 Å². The molecule has 25 heteroatoms. The van der Waals surface area contributed by atoms with Crippen LogP contribution in [0.3, 0.4) is 0 Å². The van der Waals surface area contributed by atoms with Crippen molar-refractivity contribution in [2.75, 3.05) is 63.9 Å². The van der Waals surface area contributed by atoms with Gasteiger partial charge < -0.3 is 55.3 Å². The van der Waals surface area contributed by atoms with Gasteiger partial charge in [0, 0.05) is 56.7 Å². The van der Waals surface area contributed by atoms with Gasteiger partial charge in [-0.05, 0) is 71.0 Å². The summed E-state index contributed by atoms with van der Waals surface area (Å²) in [6.45, 7) is 11.3. The van der Waals surface area contributed by atoms with Gasteiger partial charge in [-0.2, -0.15) is 10.2 Å². The van der Waals surface area contributed by atoms with Gasteiger partial charge in [0.05, 0.1) is 69.2 Å². The molecule has 5 amide bonds. The molecule has 0 unspecified atom stereocenters. The summed E-state index contributed by atoms with van der Waals surface area (Å²) in [5, 5.41) is 17.2. The summed E-state index contributed by atoms with van der Waals surface area (Å²) in [5.41, 5.74) is 20.3. The van der Waals surface area contributed by atoms with Crippen molar-refractivity contribution in [1.29, 1.82) is 0 Å². The quantitative estimate of drug-likeness (QED) is 0.0234. The molecule has 0 fully saturated rings. The highest BCUT2D eigenvalue weighted by Gasteiger charge is 2.24. The average molecular weight is 1010 g/mol. The van der Waals surface area contributed by atoms with Crippen LogP contribution in [0.2, 0.25) is 0 Å². The molecule has 0 aliphatic heterocycles. The van der Waals surface area contributed by atoms with E-state index in [0.29, 0.717) is 73.1 Å². The molecule has 6 rings (SSSR count). The van der Waals surface area contributed by atoms with Crippen LogP contribution in [0.15, 0.2) is 48.6 Å². The molecule has 0 spiro atoms. The summed E-state index contributed by atoms with van der Waals surface area (Å²) >= 11 is 0. The number of carbonyl (C=O) groups excluding carboxylic acids is 6. The third kappa shape index (κ3) is 13.6. The highest BCUT2D eigenvalue weighted by molar-refractivity contribution is 6.05. The fourth-order valence-corrected chi connectivity index (χ4v) is 7.67. The number of esters is 1. The number of nitrogens with zero attached hydrogens (tertiary/aromatic N) is 8. The second-order valence-corrected chi connectivity index (χ2v) is 16.5. The first-order valence-corrected chi connectivity index (χ1v) is 23.6. The Kier molecular flexibility index (Phi) is 18.8. The number of carbonyl (C=O) groups is 6. The predicted octanol–water partition coefficient (Wildman–Crippen LogP) is 2.60. The van der Waals surface area contributed by atoms with Crippen LogP contribution in [0.5, 0.6) is 11.5 Å². The van der Waals surface area contributed by atoms with Crippen molar-refractivity contribution >= 4 is 69.5 Å². The predicted molar refractivity (Wildman–Crippen MR) is 267 cm³/mol. The lowest BCUT2D eigenvalue weighted by atomic mass is 10.1. The number of aryl methyl sites for hydroxylation is 4. The number of allylic oxidation sites excluding steroid dienone is 2. The van der Waals surface area contributed by atoms with E-state index in [1.807, 2.05) is 13.8 Å². The van der Waals surface area contributed by atoms with Crippen LogP contribution in [-0.4, -0.2) is 134 Å². The van der Waals surface area contributed by atoms with Gasteiger partial charge in [-0.15, -0.1) is 0 Å². The molecule has 4 aromatic heterocycles. The van der Waals surface area contributed by atoms with Crippen molar-refractivity contribution in [2.45, 2.75) is 79.7 Å². The number of imidazole rings is 2. The number of nitrogens with two attached hydrogens (primary N) is 3. The fourth-order valence-electron chi connectivity index (χ4n) is 7.67. The van der Waals surface area contributed by atoms with Crippen molar-refractivity contribution in [3.05, 3.63) is 82.5 Å². The number of amides is 5. The standard InChI is InChI=1S/C48H62N14O11/c1-7-61-35(22-28(3)57-61)44(66)55-47-53-33-24-31(42(50)64)26-37(69-6)40(33)59(47)14-9-10-15-60-41-34(54-48(60)56-45(67)36-23-29(4)58-62(36)8-2)25-32(43(51)65)27-38(41)72-16-11-17-73-46(68)30(5)52-39(63)12-18-70-20-21-71-19-13-49/h9-10,22-27,30H,7-8,11-21,49H2,1-6H3,(H2,50,64)(H2,51,65)(H,52,63)(H,53,55,66)(H,54,56,67)/b10-9+/t30-/m0/s1. The largest absolute Gasteiger partial charge is 0.494 e. The number of fused-ring (bicyclic) bond motifs is 2. The molecule has 0 saturated heterocycles. The molecule has 2 aromatic carbocycles. The van der Waals surface area contributed by atoms with E-state index in [-0.39, 0.29) is 91.5 Å². The van der Waals surface area contributed by atoms with Gasteiger partial charge in [-0.25, -0.2) is 14.8 Å². The molecule has 73 heavy (non-hydrogen) atoms. The minimum Gasteiger partial charge on any atom is -0.494 e. The van der Waals surface area contributed by atoms with E-state index in [0.717, 1.165) is 0 Å². The lowest BCUT2D eigenvalue weighted by molar-refractivity contribution is -0.147. The molecule has 0 aliphatic rings. The Labute approximate surface area is 419 Å². The number of nitrogens with one attached hydrogen (secondary N) is 3. The number of benzene rings is 2. The van der Waals surface area contributed by atoms with Crippen LogP contribution in [-0.2, 0) is 50.0 Å². The maximum absolute atomic E-state index is 13.9. The Morgan fingerprint density at radius 2 is 1.19 bits per heavy atom. The summed E-state index contributed by atoms with van der Waals surface area (Å²) in [6, 6.07) is 8.31. The fraction of sp³-hybridized carbons (Fsp3) is 0.417. The van der Waals surface area contributed by atoms with E-state index in [2.05, 4.69) is 31.1 Å². The van der Waals surface area contributed by atoms with E-state index in [9.17, 15) is 28.8 Å². The minimum absolute atomic E-state index is 0.00451. The maximum Gasteiger partial charge on any atom is 0.328 e. The first-order chi connectivity index (χ1) is 35.1. The van der Waals surface area contributed by atoms with E-state index < -0.39 is 41.5 Å². The summed E-state index contributed by atoms with van der Waals surface area (Å²) < 4.78 is 34.5. The smallest absolute Gasteiger partial charge is 0.328 e. The van der Waals surface area contributed by atoms with Crippen LogP contribution in [0.25, 0.3) is 22.1 Å². The van der Waals surface area contributed by atoms with Gasteiger partial charge in [0.15, 0.2) is 0 Å². The zero-order valence-corrected chi connectivity index (χ0v) is 41.7. The second kappa shape index (κ2) is 25.3. The molecule has 9 N–H and O–H groups in total. The SMILES string of the molecule is CCn1nc(C)cc1C(=O)Nc1nc2cc(C(N)=O)cc(OC)c2n1C/C=C/Cn1c(NC(=O)c2cc(C)nn2CC)nc2cc(C(N)=O)cc(OCCCOC(=O)[C@H](C)NC(=O)CCOCCOCCN)c21. The summed E-state index contributed by atoms with van der Waals surface area (Å²) in [6.07, 6.45) is 3.81. The van der Waals surface area contributed by atoms with Crippen molar-refractivity contribution in [3.63, 3.8) is 0 Å². The number of aromatic nitrogens is 8. The van der Waals surface area contributed by atoms with Crippen LogP contribution in [0.4, 0.5) is 11.9 Å². The molecule has 1 atom stereocenters. The van der Waals surface area contributed by atoms with E-state index in [1.54, 1.807) is 56.6 Å². The Bertz CT molecular complexity index is 3000. The molecular weight excluding hydrogens is 949 g/mol. The zero-order chi connectivity index (χ0) is 52.8. The van der Waals surface area contributed by atoms with Crippen molar-refractivity contribution in [3.8, 4) is 11.5 Å². The van der Waals surface area contributed by atoms with Crippen LogP contribution >= 0.6 is 0 Å². The number of primary amides is 2. The zero-order valence-electron chi connectivity index (χ0n) is 41.7. The molecular formula is C48H62N14O11. The third-order valence-corrected chi connectivity index (χ3v) is 11.1. The second-order valence-electron chi connectivity index (χ2n) is 16.5. The molecule has 25 nitrogen and oxygen atoms in total. The first-order valence-electron chi connectivity index (χ1n) is 23.6. The lowest BCUT2D eigenvalue weighted by Gasteiger charge is -2.15. The molecule has 390 valence electrons. The third-order valence-electron chi connectivity index (χ3n) is 11.1. The van der Waals surface area contributed by atoms with Crippen molar-refractivity contribution < 1.29 is 52.5 Å². The molecule has 4 heterocycles. The number of rotatable bonds is 28. The molecule has 0 aliphatic carbocycles. The highest BCUT2D eigenvalue weighted by atomic mass is 16.5. The Hall–Kier alpha value is -8.16. The molecule has 0 bridgehead atoms. The van der Waals surface area contributed by atoms with Gasteiger partial charge >= 0.3 is 5.97 Å². The summed E-state index contributed by atoms with van der Waals surface area (Å²) in [7, 11) is 1.44. The van der Waals surface area contributed by atoms with Crippen LogP contribution < -0.4 is 42.6 Å². The number of ether oxygens (including phenoxy) is 5.